The number of anilines is 1. The third-order valence-corrected chi connectivity index (χ3v) is 6.59. The Morgan fingerprint density at radius 2 is 1.83 bits per heavy atom. The summed E-state index contributed by atoms with van der Waals surface area (Å²) in [5.74, 6) is 0.172. The molecule has 0 saturated carbocycles. The highest BCUT2D eigenvalue weighted by molar-refractivity contribution is 7.07. The van der Waals surface area contributed by atoms with Crippen molar-refractivity contribution in [1.29, 1.82) is 5.26 Å². The Kier molecular flexibility index (Phi) is 7.47. The third kappa shape index (κ3) is 5.29. The maximum atomic E-state index is 13.6. The normalized spacial score (nSPS) is 12.1. The van der Waals surface area contributed by atoms with Crippen molar-refractivity contribution in [1.82, 2.24) is 4.57 Å². The lowest BCUT2D eigenvalue weighted by atomic mass is 10.2. The predicted molar refractivity (Wildman–Crippen MR) is 144 cm³/mol. The first kappa shape index (κ1) is 24.7. The van der Waals surface area contributed by atoms with Crippen molar-refractivity contribution in [2.24, 2.45) is 0 Å². The van der Waals surface area contributed by atoms with Gasteiger partial charge in [0.05, 0.1) is 16.8 Å². The second-order valence-corrected chi connectivity index (χ2v) is 9.19. The van der Waals surface area contributed by atoms with Gasteiger partial charge < -0.3 is 10.1 Å². The van der Waals surface area contributed by atoms with E-state index in [0.29, 0.717) is 22.5 Å². The number of nitriles is 1. The molecule has 0 radical (unpaired) electrons. The molecule has 1 heterocycles. The number of aromatic nitrogens is 1. The lowest BCUT2D eigenvalue weighted by molar-refractivity contribution is -0.111. The fourth-order valence-corrected chi connectivity index (χ4v) is 4.87. The highest BCUT2D eigenvalue weighted by Gasteiger charge is 2.18. The van der Waals surface area contributed by atoms with Crippen LogP contribution in [-0.4, -0.2) is 17.1 Å². The van der Waals surface area contributed by atoms with Crippen LogP contribution >= 0.6 is 11.3 Å². The molecule has 0 fully saturated rings. The molecule has 1 aromatic heterocycles. The first-order valence-corrected chi connectivity index (χ1v) is 12.3. The van der Waals surface area contributed by atoms with Gasteiger partial charge in [-0.3, -0.25) is 14.2 Å². The summed E-state index contributed by atoms with van der Waals surface area (Å²) >= 11 is 1.12. The molecular formula is C29H25N3O3S. The smallest absolute Gasteiger partial charge is 0.273 e. The van der Waals surface area contributed by atoms with Gasteiger partial charge in [-0.1, -0.05) is 42.5 Å². The van der Waals surface area contributed by atoms with Crippen LogP contribution in [0.4, 0.5) is 5.69 Å². The topological polar surface area (TPSA) is 84.1 Å². The van der Waals surface area contributed by atoms with Crippen LogP contribution in [0.3, 0.4) is 0 Å². The van der Waals surface area contributed by atoms with Crippen LogP contribution in [0, 0.1) is 25.2 Å². The van der Waals surface area contributed by atoms with E-state index >= 15 is 0 Å². The van der Waals surface area contributed by atoms with E-state index in [4.69, 9.17) is 4.74 Å². The summed E-state index contributed by atoms with van der Waals surface area (Å²) in [6, 6.07) is 24.2. The molecule has 0 aliphatic rings. The lowest BCUT2D eigenvalue weighted by Gasteiger charge is -2.08. The molecule has 0 unspecified atom stereocenters. The molecule has 1 N–H and O–H groups in total. The first-order valence-electron chi connectivity index (χ1n) is 11.5. The number of para-hydroxylation sites is 1. The summed E-state index contributed by atoms with van der Waals surface area (Å²) < 4.78 is 7.64. The highest BCUT2D eigenvalue weighted by atomic mass is 32.1. The van der Waals surface area contributed by atoms with E-state index in [-0.39, 0.29) is 15.8 Å². The number of carbonyl (C=O) groups excluding carboxylic acids is 1. The molecule has 180 valence electrons. The summed E-state index contributed by atoms with van der Waals surface area (Å²) in [7, 11) is 0. The Hall–Kier alpha value is -4.41. The Labute approximate surface area is 213 Å². The largest absolute Gasteiger partial charge is 0.494 e. The van der Waals surface area contributed by atoms with Crippen molar-refractivity contribution in [3.05, 3.63) is 109 Å². The van der Waals surface area contributed by atoms with Crippen LogP contribution in [-0.2, 0) is 4.79 Å². The number of ether oxygens (including phenoxy) is 1. The van der Waals surface area contributed by atoms with E-state index in [2.05, 4.69) is 5.32 Å². The lowest BCUT2D eigenvalue weighted by Crippen LogP contribution is -2.32. The van der Waals surface area contributed by atoms with Crippen molar-refractivity contribution in [2.45, 2.75) is 20.8 Å². The van der Waals surface area contributed by atoms with Gasteiger partial charge in [0.1, 0.15) is 16.5 Å². The SMILES string of the molecule is CCOc1ccc(C=c2sc(=C(C#N)C(=O)Nc3cccc(C)c3)n(-c3ccccc3C)c2=O)cc1. The molecule has 0 aliphatic heterocycles. The van der Waals surface area contributed by atoms with Crippen molar-refractivity contribution >= 4 is 34.6 Å². The van der Waals surface area contributed by atoms with Crippen molar-refractivity contribution in [3.8, 4) is 17.5 Å². The number of hydrogen-bond donors (Lipinski definition) is 1. The molecule has 3 aromatic carbocycles. The predicted octanol–water partition coefficient (Wildman–Crippen LogP) is 4.06. The molecule has 0 bridgehead atoms. The van der Waals surface area contributed by atoms with E-state index in [0.717, 1.165) is 33.8 Å². The summed E-state index contributed by atoms with van der Waals surface area (Å²) in [4.78, 5) is 26.8. The molecule has 6 nitrogen and oxygen atoms in total. The molecule has 0 spiro atoms. The van der Waals surface area contributed by atoms with Gasteiger partial charge in [-0.25, -0.2) is 0 Å². The number of amides is 1. The summed E-state index contributed by atoms with van der Waals surface area (Å²) in [5.41, 5.74) is 3.41. The number of aryl methyl sites for hydroxylation is 2. The Balaban J connectivity index is 1.93. The Morgan fingerprint density at radius 3 is 2.50 bits per heavy atom. The summed E-state index contributed by atoms with van der Waals surface area (Å²) in [6.07, 6.45) is 1.76. The van der Waals surface area contributed by atoms with Crippen LogP contribution in [0.1, 0.15) is 23.6 Å². The van der Waals surface area contributed by atoms with Crippen molar-refractivity contribution < 1.29 is 9.53 Å². The maximum absolute atomic E-state index is 13.6. The number of hydrogen-bond acceptors (Lipinski definition) is 5. The second kappa shape index (κ2) is 10.9. The van der Waals surface area contributed by atoms with Crippen LogP contribution in [0.2, 0.25) is 0 Å². The van der Waals surface area contributed by atoms with Crippen molar-refractivity contribution in [2.75, 3.05) is 11.9 Å². The minimum absolute atomic E-state index is 0.131. The fraction of sp³-hybridized carbons (Fsp3) is 0.138. The standard InChI is InChI=1S/C29H25N3O3S/c1-4-35-23-14-12-21(13-15-23)17-26-28(34)32(25-11-6-5-9-20(25)3)29(36-26)24(18-30)27(33)31-22-10-7-8-19(2)16-22/h5-17H,4H2,1-3H3,(H,31,33). The average Bonchev–Trinajstić information content (AvgIpc) is 3.16. The second-order valence-electron chi connectivity index (χ2n) is 8.16. The molecule has 7 heteroatoms. The van der Waals surface area contributed by atoms with Crippen LogP contribution in [0.15, 0.2) is 77.6 Å². The van der Waals surface area contributed by atoms with Gasteiger partial charge >= 0.3 is 0 Å². The number of nitrogens with zero attached hydrogens (tertiary/aromatic N) is 2. The number of thiazole rings is 1. The third-order valence-electron chi connectivity index (χ3n) is 5.50. The zero-order valence-corrected chi connectivity index (χ0v) is 21.1. The highest BCUT2D eigenvalue weighted by Crippen LogP contribution is 2.14. The van der Waals surface area contributed by atoms with E-state index in [1.54, 1.807) is 18.2 Å². The number of nitrogens with one attached hydrogen (secondary N) is 1. The van der Waals surface area contributed by atoms with Gasteiger partial charge in [-0.2, -0.15) is 5.26 Å². The quantitative estimate of drug-likeness (QED) is 0.437. The summed E-state index contributed by atoms with van der Waals surface area (Å²) in [6.45, 7) is 6.29. The van der Waals surface area contributed by atoms with Crippen LogP contribution in [0.5, 0.6) is 5.75 Å². The van der Waals surface area contributed by atoms with Gasteiger partial charge in [-0.15, -0.1) is 11.3 Å². The van der Waals surface area contributed by atoms with Gasteiger partial charge in [0.2, 0.25) is 0 Å². The number of carbonyl (C=O) groups is 1. The molecule has 4 rings (SSSR count). The monoisotopic (exact) mass is 495 g/mol. The van der Waals surface area contributed by atoms with Gasteiger partial charge in [0.15, 0.2) is 5.57 Å². The fourth-order valence-electron chi connectivity index (χ4n) is 3.77. The molecule has 4 aromatic rings. The minimum atomic E-state index is -0.570. The molecular weight excluding hydrogens is 470 g/mol. The zero-order valence-electron chi connectivity index (χ0n) is 20.2. The van der Waals surface area contributed by atoms with E-state index in [9.17, 15) is 14.9 Å². The number of benzene rings is 3. The average molecular weight is 496 g/mol. The molecule has 0 aliphatic carbocycles. The maximum Gasteiger partial charge on any atom is 0.273 e. The van der Waals surface area contributed by atoms with Gasteiger partial charge in [0, 0.05) is 5.69 Å². The summed E-state index contributed by atoms with van der Waals surface area (Å²) in [5, 5.41) is 12.8. The zero-order chi connectivity index (χ0) is 25.7. The van der Waals surface area contributed by atoms with Gasteiger partial charge in [-0.05, 0) is 73.9 Å². The molecule has 36 heavy (non-hydrogen) atoms. The van der Waals surface area contributed by atoms with Crippen LogP contribution < -0.4 is 24.8 Å². The van der Waals surface area contributed by atoms with Crippen LogP contribution in [0.25, 0.3) is 17.3 Å². The molecule has 0 saturated heterocycles. The van der Waals surface area contributed by atoms with E-state index < -0.39 is 5.91 Å². The van der Waals surface area contributed by atoms with E-state index in [1.165, 1.54) is 4.57 Å². The molecule has 0 atom stereocenters. The van der Waals surface area contributed by atoms with E-state index in [1.807, 2.05) is 87.5 Å². The Morgan fingerprint density at radius 1 is 1.08 bits per heavy atom. The number of rotatable bonds is 6. The molecule has 1 amide bonds. The van der Waals surface area contributed by atoms with Gasteiger partial charge in [0.25, 0.3) is 11.5 Å². The first-order chi connectivity index (χ1) is 17.4. The Bertz CT molecular complexity index is 1640. The minimum Gasteiger partial charge on any atom is -0.494 e. The van der Waals surface area contributed by atoms with Crippen molar-refractivity contribution in [3.63, 3.8) is 0 Å².